The standard InChI is InChI=1S/C23H23N5O4/c1-13-5-7-16(14(2)9-13)20-11-28-18(12-31-20)21(25-27-28)23-24-22(26-32-23)17-8-6-15(29-3)10-19(17)30-4/h5-10,20H,11-12H2,1-4H3/t20-/m0/s1. The van der Waals surface area contributed by atoms with Crippen LogP contribution in [-0.4, -0.2) is 39.4 Å². The summed E-state index contributed by atoms with van der Waals surface area (Å²) < 4.78 is 24.2. The van der Waals surface area contributed by atoms with E-state index < -0.39 is 0 Å². The Morgan fingerprint density at radius 1 is 1.06 bits per heavy atom. The van der Waals surface area contributed by atoms with E-state index in [4.69, 9.17) is 18.7 Å². The second-order valence-corrected chi connectivity index (χ2v) is 7.72. The predicted octanol–water partition coefficient (Wildman–Crippen LogP) is 3.90. The van der Waals surface area contributed by atoms with Gasteiger partial charge in [0.05, 0.1) is 38.6 Å². The molecule has 2 aromatic carbocycles. The van der Waals surface area contributed by atoms with E-state index in [2.05, 4.69) is 52.5 Å². The average molecular weight is 433 g/mol. The van der Waals surface area contributed by atoms with Crippen molar-refractivity contribution < 1.29 is 18.7 Å². The molecule has 1 atom stereocenters. The number of fused-ring (bicyclic) bond motifs is 1. The highest BCUT2D eigenvalue weighted by atomic mass is 16.5. The van der Waals surface area contributed by atoms with Gasteiger partial charge in [-0.2, -0.15) is 4.98 Å². The lowest BCUT2D eigenvalue weighted by molar-refractivity contribution is -0.00153. The van der Waals surface area contributed by atoms with Gasteiger partial charge in [0.2, 0.25) is 5.82 Å². The van der Waals surface area contributed by atoms with E-state index in [0.29, 0.717) is 41.7 Å². The summed E-state index contributed by atoms with van der Waals surface area (Å²) in [5, 5.41) is 12.7. The van der Waals surface area contributed by atoms with E-state index in [1.807, 2.05) is 16.8 Å². The third-order valence-corrected chi connectivity index (χ3v) is 5.65. The summed E-state index contributed by atoms with van der Waals surface area (Å²) in [4.78, 5) is 4.53. The van der Waals surface area contributed by atoms with Gasteiger partial charge in [-0.05, 0) is 37.1 Å². The summed E-state index contributed by atoms with van der Waals surface area (Å²) in [5.41, 5.74) is 5.61. The summed E-state index contributed by atoms with van der Waals surface area (Å²) >= 11 is 0. The third kappa shape index (κ3) is 3.50. The molecule has 9 nitrogen and oxygen atoms in total. The number of aromatic nitrogens is 5. The molecule has 1 aliphatic rings. The minimum absolute atomic E-state index is 0.0838. The number of benzene rings is 2. The Bertz CT molecular complexity index is 1280. The molecule has 1 aliphatic heterocycles. The van der Waals surface area contributed by atoms with Crippen molar-refractivity contribution in [2.45, 2.75) is 33.1 Å². The van der Waals surface area contributed by atoms with Crippen molar-refractivity contribution in [3.63, 3.8) is 0 Å². The van der Waals surface area contributed by atoms with Gasteiger partial charge in [-0.15, -0.1) is 5.10 Å². The second-order valence-electron chi connectivity index (χ2n) is 7.72. The van der Waals surface area contributed by atoms with Gasteiger partial charge >= 0.3 is 0 Å². The monoisotopic (exact) mass is 433 g/mol. The highest BCUT2D eigenvalue weighted by Gasteiger charge is 2.29. The lowest BCUT2D eigenvalue weighted by Gasteiger charge is -2.25. The molecule has 0 unspecified atom stereocenters. The van der Waals surface area contributed by atoms with E-state index in [9.17, 15) is 0 Å². The van der Waals surface area contributed by atoms with Crippen LogP contribution in [0.4, 0.5) is 0 Å². The van der Waals surface area contributed by atoms with Crippen molar-refractivity contribution >= 4 is 0 Å². The zero-order valence-electron chi connectivity index (χ0n) is 18.3. The maximum atomic E-state index is 6.16. The lowest BCUT2D eigenvalue weighted by atomic mass is 10.0. The smallest absolute Gasteiger partial charge is 0.280 e. The molecular weight excluding hydrogens is 410 g/mol. The van der Waals surface area contributed by atoms with E-state index in [1.165, 1.54) is 11.1 Å². The predicted molar refractivity (Wildman–Crippen MR) is 115 cm³/mol. The van der Waals surface area contributed by atoms with Crippen molar-refractivity contribution in [3.05, 3.63) is 58.8 Å². The quantitative estimate of drug-likeness (QED) is 0.467. The fraction of sp³-hybridized carbons (Fsp3) is 0.304. The Morgan fingerprint density at radius 3 is 2.72 bits per heavy atom. The van der Waals surface area contributed by atoms with Gasteiger partial charge in [0.15, 0.2) is 5.69 Å². The first-order valence-electron chi connectivity index (χ1n) is 10.2. The zero-order chi connectivity index (χ0) is 22.2. The van der Waals surface area contributed by atoms with Crippen LogP contribution in [0.3, 0.4) is 0 Å². The SMILES string of the molecule is COc1ccc(-c2noc(-c3nnn4c3CO[C@H](c3ccc(C)cc3C)C4)n2)c(OC)c1. The molecule has 32 heavy (non-hydrogen) atoms. The maximum Gasteiger partial charge on any atom is 0.280 e. The molecule has 0 saturated heterocycles. The zero-order valence-corrected chi connectivity index (χ0v) is 18.3. The molecular formula is C23H23N5O4. The highest BCUT2D eigenvalue weighted by Crippen LogP contribution is 2.35. The van der Waals surface area contributed by atoms with Crippen molar-refractivity contribution in [1.29, 1.82) is 0 Å². The van der Waals surface area contributed by atoms with Crippen LogP contribution in [-0.2, 0) is 17.9 Å². The van der Waals surface area contributed by atoms with Crippen LogP contribution in [0.2, 0.25) is 0 Å². The van der Waals surface area contributed by atoms with Crippen molar-refractivity contribution in [1.82, 2.24) is 25.1 Å². The Balaban J connectivity index is 1.42. The normalized spacial score (nSPS) is 15.4. The van der Waals surface area contributed by atoms with E-state index >= 15 is 0 Å². The first-order valence-corrected chi connectivity index (χ1v) is 10.2. The molecule has 2 aromatic heterocycles. The molecule has 9 heteroatoms. The summed E-state index contributed by atoms with van der Waals surface area (Å²) in [7, 11) is 3.18. The van der Waals surface area contributed by atoms with Crippen LogP contribution in [0, 0.1) is 13.8 Å². The number of ether oxygens (including phenoxy) is 3. The average Bonchev–Trinajstić information content (AvgIpc) is 3.45. The van der Waals surface area contributed by atoms with Crippen LogP contribution in [0.25, 0.3) is 23.0 Å². The molecule has 3 heterocycles. The highest BCUT2D eigenvalue weighted by molar-refractivity contribution is 5.67. The minimum Gasteiger partial charge on any atom is -0.497 e. The van der Waals surface area contributed by atoms with Crippen molar-refractivity contribution in [2.75, 3.05) is 14.2 Å². The minimum atomic E-state index is -0.0838. The maximum absolute atomic E-state index is 6.16. The molecule has 4 aromatic rings. The molecule has 0 aliphatic carbocycles. The third-order valence-electron chi connectivity index (χ3n) is 5.65. The largest absolute Gasteiger partial charge is 0.497 e. The number of rotatable bonds is 5. The molecule has 5 rings (SSSR count). The summed E-state index contributed by atoms with van der Waals surface area (Å²) in [6.07, 6.45) is -0.0838. The Morgan fingerprint density at radius 2 is 1.94 bits per heavy atom. The molecule has 0 amide bonds. The fourth-order valence-corrected chi connectivity index (χ4v) is 3.97. The van der Waals surface area contributed by atoms with Crippen LogP contribution >= 0.6 is 0 Å². The summed E-state index contributed by atoms with van der Waals surface area (Å²) in [5.74, 6) is 1.94. The van der Waals surface area contributed by atoms with Crippen LogP contribution in [0.15, 0.2) is 40.9 Å². The van der Waals surface area contributed by atoms with Gasteiger partial charge in [0, 0.05) is 6.07 Å². The number of hydrogen-bond donors (Lipinski definition) is 0. The van der Waals surface area contributed by atoms with E-state index in [0.717, 1.165) is 11.3 Å². The Labute approximate surface area is 184 Å². The molecule has 0 bridgehead atoms. The fourth-order valence-electron chi connectivity index (χ4n) is 3.97. The number of aryl methyl sites for hydroxylation is 2. The Hall–Kier alpha value is -3.72. The molecule has 0 fully saturated rings. The van der Waals surface area contributed by atoms with Gasteiger partial charge in [0.1, 0.15) is 17.6 Å². The van der Waals surface area contributed by atoms with Gasteiger partial charge in [-0.3, -0.25) is 0 Å². The van der Waals surface area contributed by atoms with Gasteiger partial charge in [-0.1, -0.05) is 34.1 Å². The summed E-state index contributed by atoms with van der Waals surface area (Å²) in [6.45, 7) is 5.10. The molecule has 0 saturated carbocycles. The first-order chi connectivity index (χ1) is 15.6. The second kappa shape index (κ2) is 8.08. The van der Waals surface area contributed by atoms with Crippen LogP contribution < -0.4 is 9.47 Å². The van der Waals surface area contributed by atoms with Crippen LogP contribution in [0.1, 0.15) is 28.5 Å². The van der Waals surface area contributed by atoms with Gasteiger partial charge in [0.25, 0.3) is 5.89 Å². The lowest BCUT2D eigenvalue weighted by Crippen LogP contribution is -2.22. The van der Waals surface area contributed by atoms with Crippen molar-refractivity contribution in [2.24, 2.45) is 0 Å². The summed E-state index contributed by atoms with van der Waals surface area (Å²) in [6, 6.07) is 11.8. The van der Waals surface area contributed by atoms with Gasteiger partial charge in [-0.25, -0.2) is 4.68 Å². The molecule has 0 spiro atoms. The van der Waals surface area contributed by atoms with Crippen molar-refractivity contribution in [3.8, 4) is 34.5 Å². The Kier molecular flexibility index (Phi) is 5.10. The van der Waals surface area contributed by atoms with Crippen LogP contribution in [0.5, 0.6) is 11.5 Å². The van der Waals surface area contributed by atoms with E-state index in [-0.39, 0.29) is 12.0 Å². The number of nitrogens with zero attached hydrogens (tertiary/aromatic N) is 5. The molecule has 164 valence electrons. The van der Waals surface area contributed by atoms with E-state index in [1.54, 1.807) is 20.3 Å². The molecule has 0 radical (unpaired) electrons. The molecule has 0 N–H and O–H groups in total. The topological polar surface area (TPSA) is 97.3 Å². The first kappa shape index (κ1) is 20.2. The number of methoxy groups -OCH3 is 2. The van der Waals surface area contributed by atoms with Gasteiger partial charge < -0.3 is 18.7 Å². The number of hydrogen-bond acceptors (Lipinski definition) is 8.